The number of hydrogen-bond donors (Lipinski definition) is 2. The minimum absolute atomic E-state index is 0.0396. The molecular weight excluding hydrogens is 197 g/mol. The molecule has 1 aromatic carbocycles. The zero-order chi connectivity index (χ0) is 11.4. The van der Waals surface area contributed by atoms with Gasteiger partial charge in [0.1, 0.15) is 5.82 Å². The molecule has 0 saturated heterocycles. The summed E-state index contributed by atoms with van der Waals surface area (Å²) in [6.45, 7) is 3.92. The van der Waals surface area contributed by atoms with Crippen LogP contribution in [-0.4, -0.2) is 17.1 Å². The third kappa shape index (κ3) is 2.94. The van der Waals surface area contributed by atoms with Crippen molar-refractivity contribution < 1.29 is 14.3 Å². The molecule has 0 spiro atoms. The van der Waals surface area contributed by atoms with Crippen LogP contribution in [0, 0.1) is 5.82 Å². The Kier molecular flexibility index (Phi) is 3.66. The smallest absolute Gasteiger partial charge is 0.335 e. The normalized spacial score (nSPS) is 12.2. The number of carboxylic acid groups (broad SMARTS) is 1. The quantitative estimate of drug-likeness (QED) is 0.805. The highest BCUT2D eigenvalue weighted by Crippen LogP contribution is 2.17. The van der Waals surface area contributed by atoms with Gasteiger partial charge in [0.25, 0.3) is 0 Å². The van der Waals surface area contributed by atoms with E-state index in [4.69, 9.17) is 5.11 Å². The number of nitrogens with one attached hydrogen (secondary N) is 1. The second kappa shape index (κ2) is 4.77. The van der Waals surface area contributed by atoms with Crippen LogP contribution < -0.4 is 5.32 Å². The van der Waals surface area contributed by atoms with Crippen LogP contribution in [0.1, 0.15) is 30.6 Å². The van der Waals surface area contributed by atoms with Gasteiger partial charge in [0.15, 0.2) is 0 Å². The Bertz CT molecular complexity index is 366. The molecule has 0 bridgehead atoms. The van der Waals surface area contributed by atoms with E-state index < -0.39 is 11.8 Å². The molecule has 4 heteroatoms. The molecule has 1 rings (SSSR count). The number of benzene rings is 1. The van der Waals surface area contributed by atoms with E-state index >= 15 is 0 Å². The molecule has 0 aromatic heterocycles. The lowest BCUT2D eigenvalue weighted by atomic mass is 10.1. The van der Waals surface area contributed by atoms with Crippen molar-refractivity contribution in [1.82, 2.24) is 0 Å². The van der Waals surface area contributed by atoms with Crippen molar-refractivity contribution in [1.29, 1.82) is 0 Å². The van der Waals surface area contributed by atoms with E-state index in [1.807, 2.05) is 13.8 Å². The third-order valence-electron chi connectivity index (χ3n) is 2.23. The van der Waals surface area contributed by atoms with Crippen LogP contribution >= 0.6 is 0 Å². The van der Waals surface area contributed by atoms with Crippen molar-refractivity contribution in [3.63, 3.8) is 0 Å². The Balaban J connectivity index is 2.88. The summed E-state index contributed by atoms with van der Waals surface area (Å²) in [5.74, 6) is -1.65. The second-order valence-corrected chi connectivity index (χ2v) is 3.45. The molecule has 1 atom stereocenters. The van der Waals surface area contributed by atoms with Crippen molar-refractivity contribution in [3.05, 3.63) is 29.6 Å². The van der Waals surface area contributed by atoms with E-state index in [-0.39, 0.29) is 11.6 Å². The van der Waals surface area contributed by atoms with Gasteiger partial charge in [-0.2, -0.15) is 0 Å². The Morgan fingerprint density at radius 1 is 1.60 bits per heavy atom. The summed E-state index contributed by atoms with van der Waals surface area (Å²) in [5.41, 5.74) is 0.302. The largest absolute Gasteiger partial charge is 0.478 e. The maximum Gasteiger partial charge on any atom is 0.335 e. The van der Waals surface area contributed by atoms with Gasteiger partial charge in [-0.05, 0) is 31.5 Å². The Morgan fingerprint density at radius 2 is 2.27 bits per heavy atom. The second-order valence-electron chi connectivity index (χ2n) is 3.45. The van der Waals surface area contributed by atoms with Gasteiger partial charge in [-0.25, -0.2) is 9.18 Å². The molecule has 2 N–H and O–H groups in total. The summed E-state index contributed by atoms with van der Waals surface area (Å²) in [5, 5.41) is 11.6. The molecule has 0 aliphatic carbocycles. The molecule has 0 radical (unpaired) electrons. The van der Waals surface area contributed by atoms with Crippen molar-refractivity contribution in [2.24, 2.45) is 0 Å². The zero-order valence-corrected chi connectivity index (χ0v) is 8.75. The first-order chi connectivity index (χ1) is 7.04. The third-order valence-corrected chi connectivity index (χ3v) is 2.23. The maximum absolute atomic E-state index is 13.4. The van der Waals surface area contributed by atoms with E-state index in [1.165, 1.54) is 12.1 Å². The number of hydrogen-bond acceptors (Lipinski definition) is 2. The zero-order valence-electron chi connectivity index (χ0n) is 8.75. The molecule has 0 saturated carbocycles. The van der Waals surface area contributed by atoms with Crippen LogP contribution in [0.5, 0.6) is 0 Å². The van der Waals surface area contributed by atoms with Crippen molar-refractivity contribution >= 4 is 11.7 Å². The summed E-state index contributed by atoms with van der Waals surface area (Å²) in [4.78, 5) is 10.6. The van der Waals surface area contributed by atoms with Gasteiger partial charge in [0, 0.05) is 6.04 Å². The molecule has 15 heavy (non-hydrogen) atoms. The summed E-state index contributed by atoms with van der Waals surface area (Å²) in [7, 11) is 0. The molecule has 82 valence electrons. The molecule has 0 aliphatic heterocycles. The standard InChI is InChI=1S/C11H14FNO2/c1-3-7(2)13-10-5-4-8(11(14)15)6-9(10)12/h4-7,13H,3H2,1-2H3,(H,14,15). The first-order valence-electron chi connectivity index (χ1n) is 4.84. The van der Waals surface area contributed by atoms with Gasteiger partial charge in [-0.1, -0.05) is 6.92 Å². The van der Waals surface area contributed by atoms with Crippen LogP contribution in [0.3, 0.4) is 0 Å². The molecule has 0 amide bonds. The fraction of sp³-hybridized carbons (Fsp3) is 0.364. The predicted octanol–water partition coefficient (Wildman–Crippen LogP) is 2.73. The fourth-order valence-electron chi connectivity index (χ4n) is 1.13. The van der Waals surface area contributed by atoms with Gasteiger partial charge in [-0.15, -0.1) is 0 Å². The van der Waals surface area contributed by atoms with Crippen LogP contribution in [-0.2, 0) is 0 Å². The number of carbonyl (C=O) groups is 1. The van der Waals surface area contributed by atoms with Gasteiger partial charge in [0.05, 0.1) is 11.3 Å². The van der Waals surface area contributed by atoms with Crippen molar-refractivity contribution in [2.45, 2.75) is 26.3 Å². The van der Waals surface area contributed by atoms with Crippen LogP contribution in [0.25, 0.3) is 0 Å². The number of rotatable bonds is 4. The SMILES string of the molecule is CCC(C)Nc1ccc(C(=O)O)cc1F. The van der Waals surface area contributed by atoms with E-state index in [1.54, 1.807) is 0 Å². The topological polar surface area (TPSA) is 49.3 Å². The van der Waals surface area contributed by atoms with Crippen molar-refractivity contribution in [2.75, 3.05) is 5.32 Å². The first-order valence-corrected chi connectivity index (χ1v) is 4.84. The lowest BCUT2D eigenvalue weighted by Crippen LogP contribution is -2.14. The first kappa shape index (κ1) is 11.5. The number of anilines is 1. The van der Waals surface area contributed by atoms with Crippen LogP contribution in [0.2, 0.25) is 0 Å². The highest BCUT2D eigenvalue weighted by Gasteiger charge is 2.09. The monoisotopic (exact) mass is 211 g/mol. The minimum atomic E-state index is -1.12. The number of carboxylic acids is 1. The van der Waals surface area contributed by atoms with Gasteiger partial charge < -0.3 is 10.4 Å². The summed E-state index contributed by atoms with van der Waals surface area (Å²) < 4.78 is 13.4. The molecule has 1 unspecified atom stereocenters. The molecular formula is C11H14FNO2. The highest BCUT2D eigenvalue weighted by atomic mass is 19.1. The Labute approximate surface area is 87.9 Å². The lowest BCUT2D eigenvalue weighted by molar-refractivity contribution is 0.0696. The van der Waals surface area contributed by atoms with Crippen LogP contribution in [0.4, 0.5) is 10.1 Å². The van der Waals surface area contributed by atoms with E-state index in [0.717, 1.165) is 12.5 Å². The number of halogens is 1. The maximum atomic E-state index is 13.4. The van der Waals surface area contributed by atoms with Gasteiger partial charge in [-0.3, -0.25) is 0 Å². The molecule has 0 heterocycles. The predicted molar refractivity (Wildman–Crippen MR) is 56.7 cm³/mol. The van der Waals surface area contributed by atoms with E-state index in [0.29, 0.717) is 5.69 Å². The molecule has 0 fully saturated rings. The number of aromatic carboxylic acids is 1. The van der Waals surface area contributed by atoms with Gasteiger partial charge in [0.2, 0.25) is 0 Å². The fourth-order valence-corrected chi connectivity index (χ4v) is 1.13. The Hall–Kier alpha value is -1.58. The summed E-state index contributed by atoms with van der Waals surface area (Å²) in [6, 6.07) is 4.02. The lowest BCUT2D eigenvalue weighted by Gasteiger charge is -2.13. The Morgan fingerprint density at radius 3 is 2.73 bits per heavy atom. The van der Waals surface area contributed by atoms with E-state index in [9.17, 15) is 9.18 Å². The van der Waals surface area contributed by atoms with Crippen molar-refractivity contribution in [3.8, 4) is 0 Å². The minimum Gasteiger partial charge on any atom is -0.478 e. The summed E-state index contributed by atoms with van der Waals surface area (Å²) >= 11 is 0. The molecule has 0 aliphatic rings. The van der Waals surface area contributed by atoms with Crippen LogP contribution in [0.15, 0.2) is 18.2 Å². The van der Waals surface area contributed by atoms with Gasteiger partial charge >= 0.3 is 5.97 Å². The average Bonchev–Trinajstić information content (AvgIpc) is 2.20. The van der Waals surface area contributed by atoms with E-state index in [2.05, 4.69) is 5.32 Å². The highest BCUT2D eigenvalue weighted by molar-refractivity contribution is 5.88. The molecule has 1 aromatic rings. The molecule has 3 nitrogen and oxygen atoms in total. The average molecular weight is 211 g/mol. The summed E-state index contributed by atoms with van der Waals surface area (Å²) in [6.07, 6.45) is 0.875.